The van der Waals surface area contributed by atoms with Crippen molar-refractivity contribution in [1.29, 1.82) is 0 Å². The molecule has 0 unspecified atom stereocenters. The third-order valence-corrected chi connectivity index (χ3v) is 3.31. The van der Waals surface area contributed by atoms with Crippen LogP contribution in [0.3, 0.4) is 0 Å². The second-order valence-electron chi connectivity index (χ2n) is 4.51. The number of nitrogen functional groups attached to an aromatic ring is 1. The first-order valence-electron chi connectivity index (χ1n) is 5.95. The predicted molar refractivity (Wildman–Crippen MR) is 70.1 cm³/mol. The highest BCUT2D eigenvalue weighted by atomic mass is 16.2. The minimum atomic E-state index is 0.155. The number of carbonyl (C=O) groups is 1. The van der Waals surface area contributed by atoms with Gasteiger partial charge >= 0.3 is 0 Å². The summed E-state index contributed by atoms with van der Waals surface area (Å²) in [5.74, 6) is 0.155. The summed E-state index contributed by atoms with van der Waals surface area (Å²) in [5, 5.41) is 0. The Hall–Kier alpha value is -1.71. The summed E-state index contributed by atoms with van der Waals surface area (Å²) in [6.07, 6.45) is 0. The average Bonchev–Trinajstić information content (AvgIpc) is 2.29. The lowest BCUT2D eigenvalue weighted by atomic mass is 10.1. The average molecular weight is 233 g/mol. The van der Waals surface area contributed by atoms with Gasteiger partial charge in [0.05, 0.1) is 11.4 Å². The van der Waals surface area contributed by atoms with Gasteiger partial charge in [0.25, 0.3) is 0 Å². The van der Waals surface area contributed by atoms with Gasteiger partial charge in [0.1, 0.15) is 0 Å². The molecule has 1 aromatic carbocycles. The van der Waals surface area contributed by atoms with Gasteiger partial charge in [0.2, 0.25) is 5.91 Å². The Balaban J connectivity index is 2.13. The molecule has 1 aliphatic rings. The normalized spacial score (nSPS) is 16.1. The molecule has 0 atom stereocenters. The van der Waals surface area contributed by atoms with Crippen LogP contribution in [0.2, 0.25) is 0 Å². The fourth-order valence-corrected chi connectivity index (χ4v) is 2.36. The molecular formula is C13H19N3O. The molecule has 4 nitrogen and oxygen atoms in total. The Morgan fingerprint density at radius 3 is 2.41 bits per heavy atom. The number of nitrogens with zero attached hydrogens (tertiary/aromatic N) is 2. The van der Waals surface area contributed by atoms with E-state index in [1.807, 2.05) is 17.0 Å². The first-order valence-corrected chi connectivity index (χ1v) is 5.95. The quantitative estimate of drug-likeness (QED) is 0.743. The fraction of sp³-hybridized carbons (Fsp3) is 0.462. The van der Waals surface area contributed by atoms with Crippen molar-refractivity contribution < 1.29 is 4.79 Å². The molecule has 0 radical (unpaired) electrons. The molecule has 92 valence electrons. The summed E-state index contributed by atoms with van der Waals surface area (Å²) in [4.78, 5) is 15.4. The van der Waals surface area contributed by atoms with E-state index in [1.165, 1.54) is 5.56 Å². The van der Waals surface area contributed by atoms with E-state index in [0.29, 0.717) is 0 Å². The number of para-hydroxylation sites is 1. The number of amides is 1. The van der Waals surface area contributed by atoms with Crippen LogP contribution in [-0.4, -0.2) is 37.0 Å². The molecule has 0 bridgehead atoms. The van der Waals surface area contributed by atoms with Gasteiger partial charge in [-0.1, -0.05) is 12.1 Å². The summed E-state index contributed by atoms with van der Waals surface area (Å²) < 4.78 is 0. The Morgan fingerprint density at radius 2 is 1.88 bits per heavy atom. The first-order chi connectivity index (χ1) is 8.09. The number of benzene rings is 1. The SMILES string of the molecule is CC(=O)N1CCN(c2c(C)cccc2N)CC1. The highest BCUT2D eigenvalue weighted by Crippen LogP contribution is 2.28. The maximum absolute atomic E-state index is 11.3. The minimum absolute atomic E-state index is 0.155. The van der Waals surface area contributed by atoms with E-state index in [0.717, 1.165) is 37.6 Å². The summed E-state index contributed by atoms with van der Waals surface area (Å²) in [6.45, 7) is 6.97. The monoisotopic (exact) mass is 233 g/mol. The molecule has 17 heavy (non-hydrogen) atoms. The van der Waals surface area contributed by atoms with Gasteiger partial charge in [-0.15, -0.1) is 0 Å². The zero-order chi connectivity index (χ0) is 12.4. The third-order valence-electron chi connectivity index (χ3n) is 3.31. The Morgan fingerprint density at radius 1 is 1.24 bits per heavy atom. The number of carbonyl (C=O) groups excluding carboxylic acids is 1. The highest BCUT2D eigenvalue weighted by Gasteiger charge is 2.20. The van der Waals surface area contributed by atoms with Gasteiger partial charge in [-0.25, -0.2) is 0 Å². The van der Waals surface area contributed by atoms with Crippen molar-refractivity contribution in [3.63, 3.8) is 0 Å². The van der Waals surface area contributed by atoms with Gasteiger partial charge in [0, 0.05) is 33.1 Å². The molecule has 0 aliphatic carbocycles. The number of piperazine rings is 1. The maximum atomic E-state index is 11.3. The van der Waals surface area contributed by atoms with Crippen LogP contribution in [0.1, 0.15) is 12.5 Å². The van der Waals surface area contributed by atoms with E-state index in [-0.39, 0.29) is 5.91 Å². The zero-order valence-electron chi connectivity index (χ0n) is 10.4. The van der Waals surface area contributed by atoms with E-state index in [4.69, 9.17) is 5.73 Å². The number of rotatable bonds is 1. The molecule has 4 heteroatoms. The van der Waals surface area contributed by atoms with Crippen LogP contribution >= 0.6 is 0 Å². The maximum Gasteiger partial charge on any atom is 0.219 e. The number of nitrogens with two attached hydrogens (primary N) is 1. The molecule has 0 spiro atoms. The van der Waals surface area contributed by atoms with E-state index < -0.39 is 0 Å². The lowest BCUT2D eigenvalue weighted by Crippen LogP contribution is -2.48. The van der Waals surface area contributed by atoms with Crippen molar-refractivity contribution >= 4 is 17.3 Å². The summed E-state index contributed by atoms with van der Waals surface area (Å²) in [6, 6.07) is 5.97. The lowest BCUT2D eigenvalue weighted by Gasteiger charge is -2.36. The summed E-state index contributed by atoms with van der Waals surface area (Å²) in [5.41, 5.74) is 9.16. The van der Waals surface area contributed by atoms with Gasteiger partial charge in [0.15, 0.2) is 0 Å². The van der Waals surface area contributed by atoms with Crippen LogP contribution in [0.4, 0.5) is 11.4 Å². The standard InChI is InChI=1S/C13H19N3O/c1-10-4-3-5-12(14)13(10)16-8-6-15(7-9-16)11(2)17/h3-5H,6-9,14H2,1-2H3. The van der Waals surface area contributed by atoms with Crippen LogP contribution < -0.4 is 10.6 Å². The van der Waals surface area contributed by atoms with Crippen molar-refractivity contribution in [3.8, 4) is 0 Å². The lowest BCUT2D eigenvalue weighted by molar-refractivity contribution is -0.129. The Labute approximate surface area is 102 Å². The van der Waals surface area contributed by atoms with Gasteiger partial charge in [-0.2, -0.15) is 0 Å². The van der Waals surface area contributed by atoms with Gasteiger partial charge in [-0.05, 0) is 18.6 Å². The van der Waals surface area contributed by atoms with Gasteiger partial charge in [-0.3, -0.25) is 4.79 Å². The smallest absolute Gasteiger partial charge is 0.219 e. The molecule has 1 aromatic rings. The summed E-state index contributed by atoms with van der Waals surface area (Å²) >= 11 is 0. The first kappa shape index (κ1) is 11.8. The number of hydrogen-bond donors (Lipinski definition) is 1. The third kappa shape index (κ3) is 2.35. The number of hydrogen-bond acceptors (Lipinski definition) is 3. The largest absolute Gasteiger partial charge is 0.397 e. The summed E-state index contributed by atoms with van der Waals surface area (Å²) in [7, 11) is 0. The van der Waals surface area contributed by atoms with Crippen molar-refractivity contribution in [3.05, 3.63) is 23.8 Å². The second-order valence-corrected chi connectivity index (χ2v) is 4.51. The topological polar surface area (TPSA) is 49.6 Å². The van der Waals surface area contributed by atoms with E-state index in [1.54, 1.807) is 6.92 Å². The van der Waals surface area contributed by atoms with Crippen LogP contribution in [0.5, 0.6) is 0 Å². The molecule has 2 rings (SSSR count). The predicted octanol–water partition coefficient (Wildman–Crippen LogP) is 1.25. The van der Waals surface area contributed by atoms with E-state index in [9.17, 15) is 4.79 Å². The molecule has 0 aromatic heterocycles. The van der Waals surface area contributed by atoms with Crippen molar-refractivity contribution in [2.45, 2.75) is 13.8 Å². The van der Waals surface area contributed by atoms with Crippen molar-refractivity contribution in [2.24, 2.45) is 0 Å². The zero-order valence-corrected chi connectivity index (χ0v) is 10.4. The Bertz CT molecular complexity index is 402. The minimum Gasteiger partial charge on any atom is -0.397 e. The second kappa shape index (κ2) is 4.65. The molecule has 1 saturated heterocycles. The van der Waals surface area contributed by atoms with Crippen molar-refractivity contribution in [1.82, 2.24) is 4.90 Å². The van der Waals surface area contributed by atoms with Crippen LogP contribution in [0.15, 0.2) is 18.2 Å². The molecule has 1 heterocycles. The van der Waals surface area contributed by atoms with Crippen LogP contribution in [-0.2, 0) is 4.79 Å². The van der Waals surface area contributed by atoms with Crippen molar-refractivity contribution in [2.75, 3.05) is 36.8 Å². The highest BCUT2D eigenvalue weighted by molar-refractivity contribution is 5.75. The molecule has 2 N–H and O–H groups in total. The number of aryl methyl sites for hydroxylation is 1. The van der Waals surface area contributed by atoms with Gasteiger partial charge < -0.3 is 15.5 Å². The van der Waals surface area contributed by atoms with Crippen LogP contribution in [0, 0.1) is 6.92 Å². The van der Waals surface area contributed by atoms with Crippen LogP contribution in [0.25, 0.3) is 0 Å². The molecular weight excluding hydrogens is 214 g/mol. The number of anilines is 2. The fourth-order valence-electron chi connectivity index (χ4n) is 2.36. The van der Waals surface area contributed by atoms with E-state index >= 15 is 0 Å². The molecule has 1 fully saturated rings. The van der Waals surface area contributed by atoms with E-state index in [2.05, 4.69) is 17.9 Å². The Kier molecular flexibility index (Phi) is 3.22. The molecule has 0 saturated carbocycles. The molecule has 1 amide bonds. The molecule has 1 aliphatic heterocycles.